The quantitative estimate of drug-likeness (QED) is 0.744. The van der Waals surface area contributed by atoms with Gasteiger partial charge in [0.1, 0.15) is 0 Å². The fourth-order valence-corrected chi connectivity index (χ4v) is 4.03. The molecule has 0 amide bonds. The van der Waals surface area contributed by atoms with Crippen molar-refractivity contribution in [1.29, 1.82) is 0 Å². The van der Waals surface area contributed by atoms with E-state index in [0.717, 1.165) is 11.9 Å². The predicted octanol–water partition coefficient (Wildman–Crippen LogP) is 2.27. The van der Waals surface area contributed by atoms with E-state index in [1.165, 1.54) is 37.6 Å². The molecular weight excluding hydrogens is 298 g/mol. The Morgan fingerprint density at radius 2 is 2.18 bits per heavy atom. The number of piperidine rings is 1. The Hall–Kier alpha value is 0.260. The molecule has 17 heavy (non-hydrogen) atoms. The van der Waals surface area contributed by atoms with Gasteiger partial charge in [0.15, 0.2) is 5.17 Å². The van der Waals surface area contributed by atoms with Crippen molar-refractivity contribution in [3.8, 4) is 0 Å². The third kappa shape index (κ3) is 3.38. The van der Waals surface area contributed by atoms with Crippen LogP contribution in [0.25, 0.3) is 0 Å². The minimum atomic E-state index is 0.642. The van der Waals surface area contributed by atoms with Crippen LogP contribution in [-0.4, -0.2) is 64.8 Å². The molecule has 0 bridgehead atoms. The molecule has 0 aromatic carbocycles. The van der Waals surface area contributed by atoms with Crippen molar-refractivity contribution in [3.63, 3.8) is 0 Å². The highest BCUT2D eigenvalue weighted by Gasteiger charge is 2.27. The molecule has 0 aromatic rings. The maximum atomic E-state index is 4.66. The number of hydrogen-bond donors (Lipinski definition) is 0. The second-order valence-corrected chi connectivity index (χ2v) is 6.71. The average molecular weight is 320 g/mol. The van der Waals surface area contributed by atoms with Gasteiger partial charge in [-0.2, -0.15) is 0 Å². The van der Waals surface area contributed by atoms with Crippen LogP contribution >= 0.6 is 27.7 Å². The maximum absolute atomic E-state index is 4.66. The molecule has 0 aliphatic carbocycles. The summed E-state index contributed by atoms with van der Waals surface area (Å²) in [4.78, 5) is 9.62. The summed E-state index contributed by atoms with van der Waals surface area (Å²) >= 11 is 5.48. The van der Waals surface area contributed by atoms with E-state index in [0.29, 0.717) is 11.3 Å². The van der Waals surface area contributed by atoms with Crippen LogP contribution in [0.5, 0.6) is 0 Å². The number of nitrogens with zero attached hydrogens (tertiary/aromatic N) is 3. The molecule has 1 atom stereocenters. The van der Waals surface area contributed by atoms with Crippen LogP contribution in [0.3, 0.4) is 0 Å². The fourth-order valence-electron chi connectivity index (χ4n) is 2.46. The van der Waals surface area contributed by atoms with Gasteiger partial charge in [-0.3, -0.25) is 4.99 Å². The van der Waals surface area contributed by atoms with Crippen LogP contribution in [0, 0.1) is 0 Å². The van der Waals surface area contributed by atoms with E-state index < -0.39 is 0 Å². The molecular formula is C12H22BrN3S. The Labute approximate surface area is 117 Å². The van der Waals surface area contributed by atoms with Gasteiger partial charge in [0, 0.05) is 36.8 Å². The van der Waals surface area contributed by atoms with Gasteiger partial charge in [-0.05, 0) is 19.4 Å². The Kier molecular flexibility index (Phi) is 5.18. The second kappa shape index (κ2) is 6.43. The number of rotatable bonds is 3. The Morgan fingerprint density at radius 1 is 1.47 bits per heavy atom. The standard InChI is InChI=1S/C12H22BrN3S/c1-3-16-6-4-10(5-7-16)15(2)12-14-9-11(8-13)17-12/h10-11H,3-9H2,1-2H3. The van der Waals surface area contributed by atoms with Crippen LogP contribution in [0.2, 0.25) is 0 Å². The van der Waals surface area contributed by atoms with E-state index >= 15 is 0 Å². The number of halogens is 1. The summed E-state index contributed by atoms with van der Waals surface area (Å²) in [5, 5.41) is 2.94. The van der Waals surface area contributed by atoms with Crippen molar-refractivity contribution >= 4 is 32.9 Å². The number of hydrogen-bond acceptors (Lipinski definition) is 4. The lowest BCUT2D eigenvalue weighted by Crippen LogP contribution is -2.44. The lowest BCUT2D eigenvalue weighted by molar-refractivity contribution is 0.173. The molecule has 98 valence electrons. The molecule has 2 rings (SSSR count). The first kappa shape index (κ1) is 13.7. The smallest absolute Gasteiger partial charge is 0.159 e. The van der Waals surface area contributed by atoms with Crippen LogP contribution in [0.1, 0.15) is 19.8 Å². The lowest BCUT2D eigenvalue weighted by atomic mass is 10.0. The van der Waals surface area contributed by atoms with Gasteiger partial charge in [-0.25, -0.2) is 0 Å². The average Bonchev–Trinajstić information content (AvgIpc) is 2.87. The second-order valence-electron chi connectivity index (χ2n) is 4.79. The van der Waals surface area contributed by atoms with Crippen molar-refractivity contribution in [2.45, 2.75) is 31.1 Å². The van der Waals surface area contributed by atoms with Gasteiger partial charge < -0.3 is 9.80 Å². The summed E-state index contributed by atoms with van der Waals surface area (Å²) in [6.45, 7) is 6.90. The Balaban J connectivity index is 1.83. The highest BCUT2D eigenvalue weighted by Crippen LogP contribution is 2.27. The maximum Gasteiger partial charge on any atom is 0.159 e. The zero-order chi connectivity index (χ0) is 12.3. The number of likely N-dealkylation sites (tertiary alicyclic amines) is 1. The van der Waals surface area contributed by atoms with Crippen LogP contribution < -0.4 is 0 Å². The zero-order valence-electron chi connectivity index (χ0n) is 10.7. The van der Waals surface area contributed by atoms with Gasteiger partial charge in [-0.1, -0.05) is 34.6 Å². The molecule has 1 unspecified atom stereocenters. The van der Waals surface area contributed by atoms with Crippen molar-refractivity contribution < 1.29 is 0 Å². The third-order valence-electron chi connectivity index (χ3n) is 3.73. The number of thioether (sulfide) groups is 1. The van der Waals surface area contributed by atoms with Crippen LogP contribution in [0.4, 0.5) is 0 Å². The van der Waals surface area contributed by atoms with E-state index in [9.17, 15) is 0 Å². The summed E-state index contributed by atoms with van der Waals surface area (Å²) in [6.07, 6.45) is 2.56. The van der Waals surface area contributed by atoms with Crippen LogP contribution in [0.15, 0.2) is 4.99 Å². The number of amidine groups is 1. The van der Waals surface area contributed by atoms with Gasteiger partial charge in [0.05, 0.1) is 6.54 Å². The molecule has 0 spiro atoms. The zero-order valence-corrected chi connectivity index (χ0v) is 13.1. The van der Waals surface area contributed by atoms with E-state index in [-0.39, 0.29) is 0 Å². The van der Waals surface area contributed by atoms with Gasteiger partial charge >= 0.3 is 0 Å². The largest absolute Gasteiger partial charge is 0.351 e. The Bertz CT molecular complexity index is 277. The lowest BCUT2D eigenvalue weighted by Gasteiger charge is -2.37. The predicted molar refractivity (Wildman–Crippen MR) is 80.4 cm³/mol. The van der Waals surface area contributed by atoms with Gasteiger partial charge in [-0.15, -0.1) is 0 Å². The van der Waals surface area contributed by atoms with E-state index in [1.54, 1.807) is 0 Å². The Morgan fingerprint density at radius 3 is 2.71 bits per heavy atom. The number of aliphatic imine (C=N–C) groups is 1. The molecule has 0 aromatic heterocycles. The highest BCUT2D eigenvalue weighted by molar-refractivity contribution is 9.09. The molecule has 0 radical (unpaired) electrons. The summed E-state index contributed by atoms with van der Waals surface area (Å²) in [5.74, 6) is 0. The summed E-state index contributed by atoms with van der Waals surface area (Å²) < 4.78 is 0. The van der Waals surface area contributed by atoms with Crippen molar-refractivity contribution in [1.82, 2.24) is 9.80 Å². The van der Waals surface area contributed by atoms with E-state index in [4.69, 9.17) is 0 Å². The summed E-state index contributed by atoms with van der Waals surface area (Å²) in [7, 11) is 2.22. The van der Waals surface area contributed by atoms with Gasteiger partial charge in [0.25, 0.3) is 0 Å². The fraction of sp³-hybridized carbons (Fsp3) is 0.917. The first-order valence-corrected chi connectivity index (χ1v) is 8.47. The normalized spacial score (nSPS) is 27.2. The minimum absolute atomic E-state index is 0.642. The van der Waals surface area contributed by atoms with Crippen molar-refractivity contribution in [3.05, 3.63) is 0 Å². The molecule has 0 N–H and O–H groups in total. The molecule has 1 fully saturated rings. The van der Waals surface area contributed by atoms with E-state index in [1.807, 2.05) is 11.8 Å². The summed E-state index contributed by atoms with van der Waals surface area (Å²) in [6, 6.07) is 0.693. The molecule has 1 saturated heterocycles. The highest BCUT2D eigenvalue weighted by atomic mass is 79.9. The third-order valence-corrected chi connectivity index (χ3v) is 6.22. The first-order valence-electron chi connectivity index (χ1n) is 6.46. The molecule has 0 saturated carbocycles. The summed E-state index contributed by atoms with van der Waals surface area (Å²) in [5.41, 5.74) is 0. The SMILES string of the molecule is CCN1CCC(N(C)C2=NCC(CBr)S2)CC1. The molecule has 2 heterocycles. The first-order chi connectivity index (χ1) is 8.24. The van der Waals surface area contributed by atoms with Crippen molar-refractivity contribution in [2.75, 3.05) is 38.6 Å². The number of alkyl halides is 1. The van der Waals surface area contributed by atoms with Crippen molar-refractivity contribution in [2.24, 2.45) is 4.99 Å². The van der Waals surface area contributed by atoms with E-state index in [2.05, 4.69) is 44.7 Å². The van der Waals surface area contributed by atoms with Crippen LogP contribution in [-0.2, 0) is 0 Å². The molecule has 3 nitrogen and oxygen atoms in total. The molecule has 5 heteroatoms. The topological polar surface area (TPSA) is 18.8 Å². The molecule has 2 aliphatic heterocycles. The van der Waals surface area contributed by atoms with Gasteiger partial charge in [0.2, 0.25) is 0 Å². The minimum Gasteiger partial charge on any atom is -0.351 e. The molecule has 2 aliphatic rings. The monoisotopic (exact) mass is 319 g/mol.